The molecule has 0 atom stereocenters. The SMILES string of the molecule is Nc1nc(NC2CCC(NSc3ccccc3)CC2)sc1C(=O)c1c(F)cccc1F. The van der Waals surface area contributed by atoms with Gasteiger partial charge in [-0.05, 0) is 61.9 Å². The number of carbonyl (C=O) groups excluding carboxylic acids is 1. The van der Waals surface area contributed by atoms with Gasteiger partial charge in [-0.25, -0.2) is 13.8 Å². The van der Waals surface area contributed by atoms with Crippen LogP contribution in [0.2, 0.25) is 0 Å². The molecule has 1 aliphatic rings. The number of anilines is 2. The van der Waals surface area contributed by atoms with E-state index in [1.54, 1.807) is 11.9 Å². The van der Waals surface area contributed by atoms with E-state index < -0.39 is 23.0 Å². The number of thiazole rings is 1. The quantitative estimate of drug-likeness (QED) is 0.330. The highest BCUT2D eigenvalue weighted by Gasteiger charge is 2.26. The first-order valence-corrected chi connectivity index (χ1v) is 11.6. The van der Waals surface area contributed by atoms with Crippen molar-refractivity contribution in [2.75, 3.05) is 11.1 Å². The molecule has 1 fully saturated rings. The monoisotopic (exact) mass is 460 g/mol. The predicted molar refractivity (Wildman–Crippen MR) is 121 cm³/mol. The molecule has 3 aromatic rings. The van der Waals surface area contributed by atoms with E-state index in [1.807, 2.05) is 18.2 Å². The fraction of sp³-hybridized carbons (Fsp3) is 0.273. The Morgan fingerprint density at radius 3 is 2.32 bits per heavy atom. The molecular weight excluding hydrogens is 438 g/mol. The second-order valence-electron chi connectivity index (χ2n) is 7.39. The van der Waals surface area contributed by atoms with Crippen molar-refractivity contribution in [3.63, 3.8) is 0 Å². The average molecular weight is 461 g/mol. The third-order valence-electron chi connectivity index (χ3n) is 5.19. The fourth-order valence-electron chi connectivity index (χ4n) is 3.55. The van der Waals surface area contributed by atoms with E-state index >= 15 is 0 Å². The summed E-state index contributed by atoms with van der Waals surface area (Å²) >= 11 is 2.68. The van der Waals surface area contributed by atoms with Gasteiger partial charge in [-0.2, -0.15) is 0 Å². The van der Waals surface area contributed by atoms with Crippen LogP contribution < -0.4 is 15.8 Å². The van der Waals surface area contributed by atoms with Crippen molar-refractivity contribution in [2.45, 2.75) is 42.7 Å². The number of ketones is 1. The predicted octanol–water partition coefficient (Wildman–Crippen LogP) is 5.25. The van der Waals surface area contributed by atoms with Crippen LogP contribution in [0.15, 0.2) is 53.4 Å². The lowest BCUT2D eigenvalue weighted by Gasteiger charge is -2.29. The number of halogens is 2. The summed E-state index contributed by atoms with van der Waals surface area (Å²) in [5.41, 5.74) is 5.28. The zero-order valence-corrected chi connectivity index (χ0v) is 18.2. The van der Waals surface area contributed by atoms with Crippen LogP contribution in [0, 0.1) is 11.6 Å². The highest BCUT2D eigenvalue weighted by atomic mass is 32.2. The summed E-state index contributed by atoms with van der Waals surface area (Å²) in [6, 6.07) is 14.1. The molecule has 0 aliphatic heterocycles. The molecular formula is C22H22F2N4OS2. The van der Waals surface area contributed by atoms with E-state index in [-0.39, 0.29) is 16.7 Å². The Bertz CT molecular complexity index is 1030. The van der Waals surface area contributed by atoms with Crippen molar-refractivity contribution in [1.29, 1.82) is 0 Å². The third kappa shape index (κ3) is 5.23. The topological polar surface area (TPSA) is 80.0 Å². The molecule has 4 rings (SSSR count). The zero-order chi connectivity index (χ0) is 21.8. The van der Waals surface area contributed by atoms with Gasteiger partial charge in [-0.15, -0.1) is 0 Å². The van der Waals surface area contributed by atoms with Crippen LogP contribution in [0.3, 0.4) is 0 Å². The van der Waals surface area contributed by atoms with Crippen molar-refractivity contribution in [2.24, 2.45) is 0 Å². The molecule has 0 bridgehead atoms. The molecule has 0 amide bonds. The van der Waals surface area contributed by atoms with Gasteiger partial charge in [0.2, 0.25) is 5.78 Å². The number of aromatic nitrogens is 1. The first-order valence-electron chi connectivity index (χ1n) is 10.00. The molecule has 2 aromatic carbocycles. The van der Waals surface area contributed by atoms with Gasteiger partial charge in [0.1, 0.15) is 22.3 Å². The Balaban J connectivity index is 1.33. The van der Waals surface area contributed by atoms with Crippen molar-refractivity contribution in [1.82, 2.24) is 9.71 Å². The van der Waals surface area contributed by atoms with E-state index in [0.29, 0.717) is 11.2 Å². The molecule has 5 nitrogen and oxygen atoms in total. The van der Waals surface area contributed by atoms with Crippen molar-refractivity contribution >= 4 is 40.0 Å². The van der Waals surface area contributed by atoms with E-state index in [2.05, 4.69) is 27.2 Å². The standard InChI is InChI=1S/C22H22F2N4OS2/c23-16-7-4-8-17(24)18(16)19(29)20-21(25)27-22(30-20)26-13-9-11-14(12-10-13)28-31-15-5-2-1-3-6-15/h1-8,13-14,28H,9-12,25H2,(H,26,27). The van der Waals surface area contributed by atoms with Crippen molar-refractivity contribution in [3.05, 3.63) is 70.6 Å². The summed E-state index contributed by atoms with van der Waals surface area (Å²) in [5.74, 6) is -2.63. The van der Waals surface area contributed by atoms with E-state index in [9.17, 15) is 13.6 Å². The lowest BCUT2D eigenvalue weighted by molar-refractivity contribution is 0.103. The van der Waals surface area contributed by atoms with Gasteiger partial charge in [0.05, 0.1) is 5.56 Å². The molecule has 0 spiro atoms. The number of nitrogen functional groups attached to an aromatic ring is 1. The molecule has 0 radical (unpaired) electrons. The van der Waals surface area contributed by atoms with E-state index in [4.69, 9.17) is 5.73 Å². The number of benzene rings is 2. The van der Waals surface area contributed by atoms with Crippen LogP contribution >= 0.6 is 23.3 Å². The summed E-state index contributed by atoms with van der Waals surface area (Å²) < 4.78 is 31.4. The summed E-state index contributed by atoms with van der Waals surface area (Å²) in [5, 5.41) is 3.82. The van der Waals surface area contributed by atoms with Crippen LogP contribution in [0.1, 0.15) is 40.9 Å². The number of hydrogen-bond acceptors (Lipinski definition) is 7. The second-order valence-corrected chi connectivity index (χ2v) is 9.30. The van der Waals surface area contributed by atoms with Crippen LogP contribution in [0.25, 0.3) is 0 Å². The first-order chi connectivity index (χ1) is 15.0. The maximum Gasteiger partial charge on any atom is 0.212 e. The third-order valence-corrected chi connectivity index (χ3v) is 7.15. The van der Waals surface area contributed by atoms with Crippen molar-refractivity contribution < 1.29 is 13.6 Å². The van der Waals surface area contributed by atoms with E-state index in [0.717, 1.165) is 49.2 Å². The molecule has 0 unspecified atom stereocenters. The maximum atomic E-state index is 14.0. The Labute approximate surface area is 187 Å². The van der Waals surface area contributed by atoms with Gasteiger partial charge < -0.3 is 11.1 Å². The summed E-state index contributed by atoms with van der Waals surface area (Å²) in [6.45, 7) is 0. The molecule has 0 saturated heterocycles. The van der Waals surface area contributed by atoms with Crippen molar-refractivity contribution in [3.8, 4) is 0 Å². The molecule has 1 heterocycles. The number of nitrogens with two attached hydrogens (primary N) is 1. The minimum atomic E-state index is -0.911. The van der Waals surface area contributed by atoms with Crippen LogP contribution in [-0.2, 0) is 0 Å². The summed E-state index contributed by atoms with van der Waals surface area (Å²) in [7, 11) is 0. The number of carbonyl (C=O) groups is 1. The molecule has 1 aliphatic carbocycles. The van der Waals surface area contributed by atoms with Gasteiger partial charge in [-0.3, -0.25) is 9.52 Å². The first kappa shape index (κ1) is 21.7. The zero-order valence-electron chi connectivity index (χ0n) is 16.6. The Hall–Kier alpha value is -2.49. The normalized spacial score (nSPS) is 18.6. The Morgan fingerprint density at radius 1 is 1.00 bits per heavy atom. The lowest BCUT2D eigenvalue weighted by Crippen LogP contribution is -2.34. The number of nitrogens with zero attached hydrogens (tertiary/aromatic N) is 1. The highest BCUT2D eigenvalue weighted by Crippen LogP contribution is 2.31. The van der Waals surface area contributed by atoms with Crippen LogP contribution in [-0.4, -0.2) is 22.9 Å². The number of hydrogen-bond donors (Lipinski definition) is 3. The summed E-state index contributed by atoms with van der Waals surface area (Å²) in [4.78, 5) is 18.1. The Kier molecular flexibility index (Phi) is 6.84. The fourth-order valence-corrected chi connectivity index (χ4v) is 5.29. The van der Waals surface area contributed by atoms with Crippen LogP contribution in [0.4, 0.5) is 19.7 Å². The number of nitrogens with one attached hydrogen (secondary N) is 2. The smallest absolute Gasteiger partial charge is 0.212 e. The summed E-state index contributed by atoms with van der Waals surface area (Å²) in [6.07, 6.45) is 3.89. The van der Waals surface area contributed by atoms with Gasteiger partial charge in [-0.1, -0.05) is 35.6 Å². The minimum absolute atomic E-state index is 0.0187. The highest BCUT2D eigenvalue weighted by molar-refractivity contribution is 7.97. The van der Waals surface area contributed by atoms with Gasteiger partial charge in [0.25, 0.3) is 0 Å². The minimum Gasteiger partial charge on any atom is -0.382 e. The maximum absolute atomic E-state index is 14.0. The molecule has 4 N–H and O–H groups in total. The average Bonchev–Trinajstić information content (AvgIpc) is 3.13. The number of rotatable bonds is 7. The van der Waals surface area contributed by atoms with Gasteiger partial charge in [0, 0.05) is 17.0 Å². The molecule has 31 heavy (non-hydrogen) atoms. The molecule has 1 saturated carbocycles. The lowest BCUT2D eigenvalue weighted by atomic mass is 9.92. The Morgan fingerprint density at radius 2 is 1.65 bits per heavy atom. The molecule has 162 valence electrons. The second kappa shape index (κ2) is 9.76. The molecule has 1 aromatic heterocycles. The van der Waals surface area contributed by atoms with Gasteiger partial charge in [0.15, 0.2) is 5.13 Å². The van der Waals surface area contributed by atoms with Gasteiger partial charge >= 0.3 is 0 Å². The van der Waals surface area contributed by atoms with E-state index in [1.165, 1.54) is 11.0 Å². The van der Waals surface area contributed by atoms with Crippen LogP contribution in [0.5, 0.6) is 0 Å². The molecule has 9 heteroatoms. The largest absolute Gasteiger partial charge is 0.382 e.